The van der Waals surface area contributed by atoms with E-state index in [-0.39, 0.29) is 12.4 Å². The standard InChI is InChI=1S/C16H18F2N2OS2/c1-22-12-6-13(17)15(14(18)7-12)21-8-11-9-23-16(20-11)10-2-4-19-5-3-10/h6-7,9-10,19H,2-5,8H2,1H3. The van der Waals surface area contributed by atoms with Gasteiger partial charge < -0.3 is 10.1 Å². The lowest BCUT2D eigenvalue weighted by molar-refractivity contribution is 0.269. The number of nitrogens with one attached hydrogen (secondary N) is 1. The summed E-state index contributed by atoms with van der Waals surface area (Å²) in [6.07, 6.45) is 3.92. The van der Waals surface area contributed by atoms with Gasteiger partial charge in [-0.2, -0.15) is 0 Å². The Kier molecular flexibility index (Phi) is 5.50. The lowest BCUT2D eigenvalue weighted by Crippen LogP contribution is -2.26. The molecule has 1 saturated heterocycles. The molecule has 1 aliphatic rings. The van der Waals surface area contributed by atoms with E-state index in [2.05, 4.69) is 10.3 Å². The van der Waals surface area contributed by atoms with E-state index in [0.717, 1.165) is 36.6 Å². The molecule has 1 fully saturated rings. The van der Waals surface area contributed by atoms with Crippen LogP contribution in [-0.4, -0.2) is 24.3 Å². The molecule has 1 aromatic heterocycles. The van der Waals surface area contributed by atoms with Crippen LogP contribution in [0.15, 0.2) is 22.4 Å². The molecule has 0 amide bonds. The fraction of sp³-hybridized carbons (Fsp3) is 0.438. The number of rotatable bonds is 5. The van der Waals surface area contributed by atoms with Gasteiger partial charge in [0, 0.05) is 16.2 Å². The number of nitrogens with zero attached hydrogens (tertiary/aromatic N) is 1. The van der Waals surface area contributed by atoms with Gasteiger partial charge in [-0.3, -0.25) is 0 Å². The molecule has 0 aliphatic carbocycles. The second-order valence-corrected chi connectivity index (χ2v) is 7.18. The van der Waals surface area contributed by atoms with Crippen molar-refractivity contribution in [2.24, 2.45) is 0 Å². The maximum Gasteiger partial charge on any atom is 0.191 e. The minimum Gasteiger partial charge on any atom is -0.481 e. The molecule has 0 atom stereocenters. The lowest BCUT2D eigenvalue weighted by Gasteiger charge is -2.20. The molecule has 3 rings (SSSR count). The highest BCUT2D eigenvalue weighted by molar-refractivity contribution is 7.98. The van der Waals surface area contributed by atoms with Crippen LogP contribution >= 0.6 is 23.1 Å². The first kappa shape index (κ1) is 16.7. The largest absolute Gasteiger partial charge is 0.481 e. The van der Waals surface area contributed by atoms with Gasteiger partial charge in [-0.25, -0.2) is 13.8 Å². The van der Waals surface area contributed by atoms with Crippen molar-refractivity contribution in [3.05, 3.63) is 39.8 Å². The number of halogens is 2. The van der Waals surface area contributed by atoms with Crippen molar-refractivity contribution in [1.29, 1.82) is 0 Å². The van der Waals surface area contributed by atoms with E-state index in [1.807, 2.05) is 5.38 Å². The number of benzene rings is 1. The van der Waals surface area contributed by atoms with Gasteiger partial charge >= 0.3 is 0 Å². The highest BCUT2D eigenvalue weighted by atomic mass is 32.2. The molecular weight excluding hydrogens is 338 g/mol. The Morgan fingerprint density at radius 2 is 2.00 bits per heavy atom. The van der Waals surface area contributed by atoms with Gasteiger partial charge in [-0.15, -0.1) is 23.1 Å². The third-order valence-corrected chi connectivity index (χ3v) is 5.59. The number of ether oxygens (including phenoxy) is 1. The van der Waals surface area contributed by atoms with E-state index in [0.29, 0.717) is 10.8 Å². The van der Waals surface area contributed by atoms with Crippen LogP contribution in [0.5, 0.6) is 5.75 Å². The van der Waals surface area contributed by atoms with Crippen molar-refractivity contribution >= 4 is 23.1 Å². The van der Waals surface area contributed by atoms with E-state index in [9.17, 15) is 8.78 Å². The van der Waals surface area contributed by atoms with Crippen molar-refractivity contribution in [1.82, 2.24) is 10.3 Å². The Hall–Kier alpha value is -1.18. The van der Waals surface area contributed by atoms with E-state index in [1.165, 1.54) is 23.9 Å². The molecule has 2 aromatic rings. The average molecular weight is 356 g/mol. The van der Waals surface area contributed by atoms with E-state index in [1.54, 1.807) is 17.6 Å². The minimum absolute atomic E-state index is 0.0773. The first-order valence-electron chi connectivity index (χ1n) is 7.48. The summed E-state index contributed by atoms with van der Waals surface area (Å²) in [5.74, 6) is -1.21. The Morgan fingerprint density at radius 1 is 1.30 bits per heavy atom. The first-order chi connectivity index (χ1) is 11.2. The first-order valence-corrected chi connectivity index (χ1v) is 9.58. The zero-order valence-corrected chi connectivity index (χ0v) is 14.4. The molecule has 0 unspecified atom stereocenters. The van der Waals surface area contributed by atoms with Crippen molar-refractivity contribution in [2.75, 3.05) is 19.3 Å². The Labute approximate surface area is 142 Å². The number of hydrogen-bond acceptors (Lipinski definition) is 5. The molecule has 124 valence electrons. The molecule has 1 N–H and O–H groups in total. The fourth-order valence-corrected chi connectivity index (χ4v) is 4.00. The number of thiazole rings is 1. The van der Waals surface area contributed by atoms with Gasteiger partial charge in [0.25, 0.3) is 0 Å². The number of hydrogen-bond donors (Lipinski definition) is 1. The maximum atomic E-state index is 13.9. The van der Waals surface area contributed by atoms with Crippen molar-refractivity contribution < 1.29 is 13.5 Å². The van der Waals surface area contributed by atoms with Gasteiger partial charge in [0.15, 0.2) is 17.4 Å². The summed E-state index contributed by atoms with van der Waals surface area (Å²) in [5, 5.41) is 6.32. The van der Waals surface area contributed by atoms with Crippen molar-refractivity contribution in [2.45, 2.75) is 30.3 Å². The van der Waals surface area contributed by atoms with Crippen LogP contribution < -0.4 is 10.1 Å². The third kappa shape index (κ3) is 4.02. The SMILES string of the molecule is CSc1cc(F)c(OCc2csc(C3CCNCC3)n2)c(F)c1. The molecule has 3 nitrogen and oxygen atoms in total. The highest BCUT2D eigenvalue weighted by Gasteiger charge is 2.19. The van der Waals surface area contributed by atoms with Crippen LogP contribution in [0.2, 0.25) is 0 Å². The van der Waals surface area contributed by atoms with Crippen LogP contribution in [-0.2, 0) is 6.61 Å². The van der Waals surface area contributed by atoms with Gasteiger partial charge in [0.1, 0.15) is 6.61 Å². The average Bonchev–Trinajstić information content (AvgIpc) is 3.03. The molecule has 1 aliphatic heterocycles. The second-order valence-electron chi connectivity index (χ2n) is 5.41. The van der Waals surface area contributed by atoms with Gasteiger partial charge in [0.05, 0.1) is 10.7 Å². The van der Waals surface area contributed by atoms with Gasteiger partial charge in [-0.1, -0.05) is 0 Å². The molecule has 0 bridgehead atoms. The number of piperidine rings is 1. The third-order valence-electron chi connectivity index (χ3n) is 3.83. The Balaban J connectivity index is 1.66. The molecule has 0 saturated carbocycles. The summed E-state index contributed by atoms with van der Waals surface area (Å²) in [7, 11) is 0. The quantitative estimate of drug-likeness (QED) is 0.815. The molecule has 2 heterocycles. The van der Waals surface area contributed by atoms with Gasteiger partial charge in [-0.05, 0) is 44.3 Å². The monoisotopic (exact) mass is 356 g/mol. The predicted molar refractivity (Wildman–Crippen MR) is 89.4 cm³/mol. The fourth-order valence-electron chi connectivity index (χ4n) is 2.58. The van der Waals surface area contributed by atoms with Crippen LogP contribution in [0.25, 0.3) is 0 Å². The van der Waals surface area contributed by atoms with Crippen LogP contribution in [0.3, 0.4) is 0 Å². The van der Waals surface area contributed by atoms with Crippen LogP contribution in [0, 0.1) is 11.6 Å². The minimum atomic E-state index is -0.678. The topological polar surface area (TPSA) is 34.1 Å². The number of thioether (sulfide) groups is 1. The summed E-state index contributed by atoms with van der Waals surface area (Å²) < 4.78 is 33.1. The zero-order valence-electron chi connectivity index (χ0n) is 12.8. The summed E-state index contributed by atoms with van der Waals surface area (Å²) in [4.78, 5) is 5.10. The van der Waals surface area contributed by atoms with Crippen LogP contribution in [0.4, 0.5) is 8.78 Å². The highest BCUT2D eigenvalue weighted by Crippen LogP contribution is 2.30. The normalized spacial score (nSPS) is 15.8. The number of aromatic nitrogens is 1. The van der Waals surface area contributed by atoms with Crippen molar-refractivity contribution in [3.8, 4) is 5.75 Å². The van der Waals surface area contributed by atoms with Crippen LogP contribution in [0.1, 0.15) is 29.5 Å². The van der Waals surface area contributed by atoms with Gasteiger partial charge in [0.2, 0.25) is 0 Å². The molecule has 0 radical (unpaired) electrons. The summed E-state index contributed by atoms with van der Waals surface area (Å²) in [6, 6.07) is 2.56. The van der Waals surface area contributed by atoms with E-state index < -0.39 is 11.6 Å². The molecular formula is C16H18F2N2OS2. The maximum absolute atomic E-state index is 13.9. The lowest BCUT2D eigenvalue weighted by atomic mass is 9.99. The van der Waals surface area contributed by atoms with Crippen molar-refractivity contribution in [3.63, 3.8) is 0 Å². The smallest absolute Gasteiger partial charge is 0.191 e. The predicted octanol–water partition coefficient (Wildman–Crippen LogP) is 4.19. The van der Waals surface area contributed by atoms with E-state index in [4.69, 9.17) is 4.74 Å². The van der Waals surface area contributed by atoms with E-state index >= 15 is 0 Å². The summed E-state index contributed by atoms with van der Waals surface area (Å²) in [6.45, 7) is 2.09. The summed E-state index contributed by atoms with van der Waals surface area (Å²) >= 11 is 2.88. The molecule has 7 heteroatoms. The Morgan fingerprint density at radius 3 is 2.65 bits per heavy atom. The zero-order chi connectivity index (χ0) is 16.2. The summed E-state index contributed by atoms with van der Waals surface area (Å²) in [5.41, 5.74) is 0.719. The molecule has 1 aromatic carbocycles. The second kappa shape index (κ2) is 7.59. The Bertz CT molecular complexity index is 649. The molecule has 0 spiro atoms. The molecule has 23 heavy (non-hydrogen) atoms.